The molecule has 0 saturated heterocycles. The molecule has 0 aromatic rings. The lowest BCUT2D eigenvalue weighted by atomic mass is 9.79. The van der Waals surface area contributed by atoms with E-state index in [-0.39, 0.29) is 6.10 Å². The van der Waals surface area contributed by atoms with Crippen molar-refractivity contribution in [3.8, 4) is 0 Å². The third-order valence-corrected chi connectivity index (χ3v) is 4.32. The molecule has 6 heteroatoms. The minimum absolute atomic E-state index is 0.242. The van der Waals surface area contributed by atoms with E-state index in [4.69, 9.17) is 4.52 Å². The first-order valence-corrected chi connectivity index (χ1v) is 9.29. The van der Waals surface area contributed by atoms with E-state index in [9.17, 15) is 9.46 Å². The molecule has 0 N–H and O–H groups in total. The molecule has 1 fully saturated rings. The molecule has 0 aromatic carbocycles. The molecule has 4 unspecified atom stereocenters. The second-order valence-corrected chi connectivity index (χ2v) is 9.23. The van der Waals surface area contributed by atoms with Crippen molar-refractivity contribution >= 4 is 19.0 Å². The van der Waals surface area contributed by atoms with Gasteiger partial charge in [-0.25, -0.2) is 0 Å². The number of nitrogens with zero attached hydrogens (tertiary/aromatic N) is 1. The van der Waals surface area contributed by atoms with E-state index in [1.54, 1.807) is 0 Å². The molecule has 18 heavy (non-hydrogen) atoms. The van der Waals surface area contributed by atoms with Crippen molar-refractivity contribution in [3.63, 3.8) is 0 Å². The summed E-state index contributed by atoms with van der Waals surface area (Å²) in [4.78, 5) is 11.3. The van der Waals surface area contributed by atoms with Crippen molar-refractivity contribution in [2.75, 3.05) is 27.7 Å². The van der Waals surface area contributed by atoms with Gasteiger partial charge in [0.15, 0.2) is 6.80 Å². The molecular formula is C12H26NO3PS. The fourth-order valence-electron chi connectivity index (χ4n) is 2.80. The van der Waals surface area contributed by atoms with Gasteiger partial charge in [0.2, 0.25) is 0 Å². The molecule has 1 rings (SSSR count). The van der Waals surface area contributed by atoms with Crippen molar-refractivity contribution in [2.45, 2.75) is 38.7 Å². The van der Waals surface area contributed by atoms with Gasteiger partial charge >= 0.3 is 0 Å². The first-order valence-electron chi connectivity index (χ1n) is 6.59. The zero-order chi connectivity index (χ0) is 14.0. The predicted octanol–water partition coefficient (Wildman–Crippen LogP) is 2.30. The molecule has 0 aromatic heterocycles. The fourth-order valence-corrected chi connectivity index (χ4v) is 3.74. The summed E-state index contributed by atoms with van der Waals surface area (Å²) in [7, 11) is 6.16. The normalized spacial score (nSPS) is 30.8. The number of likely N-dealkylation sites (N-methyl/N-ethyl adjacent to an activating group) is 1. The van der Waals surface area contributed by atoms with E-state index in [2.05, 4.69) is 40.3 Å². The number of hydrogen-bond donors (Lipinski definition) is 1. The summed E-state index contributed by atoms with van der Waals surface area (Å²) in [5, 5.41) is 0. The van der Waals surface area contributed by atoms with Crippen LogP contribution in [-0.4, -0.2) is 38.3 Å². The highest BCUT2D eigenvalue weighted by Gasteiger charge is 2.32. The maximum atomic E-state index is 11.3. The molecule has 0 heterocycles. The topological polar surface area (TPSA) is 49.4 Å². The molecule has 0 bridgehead atoms. The maximum Gasteiger partial charge on any atom is 0.189 e. The molecular weight excluding hydrogens is 269 g/mol. The highest BCUT2D eigenvalue weighted by molar-refractivity contribution is 8.43. The van der Waals surface area contributed by atoms with E-state index in [0.29, 0.717) is 22.9 Å². The van der Waals surface area contributed by atoms with Crippen LogP contribution in [0.5, 0.6) is 0 Å². The third kappa shape index (κ3) is 6.58. The van der Waals surface area contributed by atoms with Crippen molar-refractivity contribution < 1.29 is 18.5 Å². The average molecular weight is 295 g/mol. The Morgan fingerprint density at radius 3 is 2.50 bits per heavy atom. The highest BCUT2D eigenvalue weighted by Crippen LogP contribution is 2.46. The lowest BCUT2D eigenvalue weighted by Crippen LogP contribution is -2.45. The van der Waals surface area contributed by atoms with Crippen LogP contribution in [0.15, 0.2) is 0 Å². The van der Waals surface area contributed by atoms with E-state index in [1.807, 2.05) is 0 Å². The van der Waals surface area contributed by atoms with Crippen LogP contribution in [0.2, 0.25) is 0 Å². The Morgan fingerprint density at radius 2 is 2.06 bits per heavy atom. The van der Waals surface area contributed by atoms with Crippen molar-refractivity contribution in [3.05, 3.63) is 0 Å². The van der Waals surface area contributed by atoms with E-state index in [1.165, 1.54) is 12.8 Å². The summed E-state index contributed by atoms with van der Waals surface area (Å²) in [6, 6.07) is 0. The lowest BCUT2D eigenvalue weighted by Gasteiger charge is -2.38. The first kappa shape index (κ1) is 16.5. The van der Waals surface area contributed by atoms with Gasteiger partial charge in [-0.2, -0.15) is 0 Å². The molecule has 4 nitrogen and oxygen atoms in total. The van der Waals surface area contributed by atoms with Gasteiger partial charge in [0.25, 0.3) is 0 Å². The van der Waals surface area contributed by atoms with Crippen LogP contribution >= 0.6 is 19.0 Å². The van der Waals surface area contributed by atoms with Crippen LogP contribution in [0, 0.1) is 11.8 Å². The molecule has 0 spiro atoms. The quantitative estimate of drug-likeness (QED) is 0.481. The zero-order valence-corrected chi connectivity index (χ0v) is 13.6. The van der Waals surface area contributed by atoms with E-state index >= 15 is 0 Å². The Hall–Kier alpha value is 0.460. The molecule has 0 amide bonds. The molecule has 0 aliphatic heterocycles. The van der Waals surface area contributed by atoms with Gasteiger partial charge in [-0.1, -0.05) is 19.8 Å². The Labute approximate surface area is 116 Å². The largest absolute Gasteiger partial charge is 0.770 e. The number of rotatable bonds is 5. The van der Waals surface area contributed by atoms with Crippen LogP contribution in [0.1, 0.15) is 32.6 Å². The Balaban J connectivity index is 2.72. The smallest absolute Gasteiger partial charge is 0.189 e. The molecule has 0 radical (unpaired) electrons. The summed E-state index contributed by atoms with van der Waals surface area (Å²) < 4.78 is 17.3. The summed E-state index contributed by atoms with van der Waals surface area (Å²) in [5.41, 5.74) is 0. The molecule has 1 aliphatic rings. The Morgan fingerprint density at radius 1 is 1.44 bits per heavy atom. The standard InChI is InChI=1S/C12H26NO3PS/c1-10-6-5-7-11(8-10)12(9-13(2,3)4)16-17(14,15)18/h10-12H,5-9H2,1-4H3,(H-,14,15,18). The fraction of sp³-hybridized carbons (Fsp3) is 1.00. The second kappa shape index (κ2) is 6.27. The molecule has 1 aliphatic carbocycles. The number of thiol groups is 1. The van der Waals surface area contributed by atoms with Crippen molar-refractivity contribution in [1.82, 2.24) is 0 Å². The van der Waals surface area contributed by atoms with E-state index < -0.39 is 6.80 Å². The monoisotopic (exact) mass is 295 g/mol. The van der Waals surface area contributed by atoms with Gasteiger partial charge in [-0.15, -0.1) is 12.2 Å². The van der Waals surface area contributed by atoms with Crippen LogP contribution in [-0.2, 0) is 9.09 Å². The van der Waals surface area contributed by atoms with Crippen LogP contribution < -0.4 is 4.89 Å². The van der Waals surface area contributed by atoms with Gasteiger partial charge in [0, 0.05) is 0 Å². The molecule has 108 valence electrons. The SMILES string of the molecule is CC1CCCC(C(C[N+](C)(C)C)OP(=O)([O-])S)C1. The summed E-state index contributed by atoms with van der Waals surface area (Å²) >= 11 is 3.56. The maximum absolute atomic E-state index is 11.3. The second-order valence-electron chi connectivity index (χ2n) is 6.62. The molecule has 1 saturated carbocycles. The van der Waals surface area contributed by atoms with E-state index in [0.717, 1.165) is 12.8 Å². The van der Waals surface area contributed by atoms with Crippen molar-refractivity contribution in [1.29, 1.82) is 0 Å². The first-order chi connectivity index (χ1) is 8.07. The Kier molecular flexibility index (Phi) is 5.76. The lowest BCUT2D eigenvalue weighted by molar-refractivity contribution is -0.873. The number of quaternary nitrogens is 1. The predicted molar refractivity (Wildman–Crippen MR) is 75.5 cm³/mol. The Bertz CT molecular complexity index is 313. The number of hydrogen-bond acceptors (Lipinski definition) is 3. The highest BCUT2D eigenvalue weighted by atomic mass is 32.7. The van der Waals surface area contributed by atoms with Gasteiger partial charge in [-0.05, 0) is 24.7 Å². The van der Waals surface area contributed by atoms with Crippen LogP contribution in [0.4, 0.5) is 0 Å². The third-order valence-electron chi connectivity index (χ3n) is 3.50. The molecule has 4 atom stereocenters. The van der Waals surface area contributed by atoms with Crippen molar-refractivity contribution in [2.24, 2.45) is 11.8 Å². The van der Waals surface area contributed by atoms with Crippen LogP contribution in [0.3, 0.4) is 0 Å². The van der Waals surface area contributed by atoms with Gasteiger partial charge in [0.05, 0.1) is 21.1 Å². The zero-order valence-electron chi connectivity index (χ0n) is 11.8. The average Bonchev–Trinajstić information content (AvgIpc) is 2.12. The van der Waals surface area contributed by atoms with Crippen LogP contribution in [0.25, 0.3) is 0 Å². The minimum Gasteiger partial charge on any atom is -0.770 e. The summed E-state index contributed by atoms with van der Waals surface area (Å²) in [6.45, 7) is -1.03. The summed E-state index contributed by atoms with van der Waals surface area (Å²) in [5.74, 6) is 0.994. The minimum atomic E-state index is -3.96. The van der Waals surface area contributed by atoms with Gasteiger partial charge < -0.3 is 13.9 Å². The van der Waals surface area contributed by atoms with Gasteiger partial charge in [0.1, 0.15) is 12.6 Å². The van der Waals surface area contributed by atoms with Gasteiger partial charge in [-0.3, -0.25) is 4.57 Å². The summed E-state index contributed by atoms with van der Waals surface area (Å²) in [6.07, 6.45) is 4.28.